The Balaban J connectivity index is 3.69. The van der Waals surface area contributed by atoms with Gasteiger partial charge in [0.2, 0.25) is 6.41 Å². The molecule has 0 radical (unpaired) electrons. The summed E-state index contributed by atoms with van der Waals surface area (Å²) in [5.41, 5.74) is 0.794. The van der Waals surface area contributed by atoms with E-state index >= 15 is 0 Å². The van der Waals surface area contributed by atoms with E-state index < -0.39 is 0 Å². The van der Waals surface area contributed by atoms with E-state index in [4.69, 9.17) is 0 Å². The highest BCUT2D eigenvalue weighted by Gasteiger charge is 1.93. The Bertz CT molecular complexity index is 98.7. The molecular formula is C6H11NO. The minimum absolute atomic E-state index is 0.707. The van der Waals surface area contributed by atoms with Crippen LogP contribution in [0.1, 0.15) is 13.8 Å². The van der Waals surface area contributed by atoms with Gasteiger partial charge in [0.05, 0.1) is 0 Å². The molecule has 0 aromatic rings. The van der Waals surface area contributed by atoms with Crippen LogP contribution in [0.5, 0.6) is 0 Å². The molecule has 0 aliphatic heterocycles. The average Bonchev–Trinajstić information content (AvgIpc) is 1.69. The second kappa shape index (κ2) is 3.24. The predicted octanol–water partition coefficient (Wildman–Crippen LogP) is 0.998. The van der Waals surface area contributed by atoms with Crippen LogP contribution in [0.15, 0.2) is 12.3 Å². The largest absolute Gasteiger partial charge is 0.320 e. The highest BCUT2D eigenvalue weighted by Crippen LogP contribution is 1.92. The van der Waals surface area contributed by atoms with Crippen molar-refractivity contribution in [3.8, 4) is 0 Å². The highest BCUT2D eigenvalue weighted by molar-refractivity contribution is 5.50. The Kier molecular flexibility index (Phi) is 2.92. The summed E-state index contributed by atoms with van der Waals surface area (Å²) in [4.78, 5) is 11.6. The van der Waals surface area contributed by atoms with Gasteiger partial charge >= 0.3 is 0 Å². The maximum absolute atomic E-state index is 10.0. The average molecular weight is 113 g/mol. The van der Waals surface area contributed by atoms with E-state index in [1.165, 1.54) is 0 Å². The summed E-state index contributed by atoms with van der Waals surface area (Å²) >= 11 is 0. The molecule has 0 bridgehead atoms. The third kappa shape index (κ3) is 1.78. The van der Waals surface area contributed by atoms with E-state index in [9.17, 15) is 4.79 Å². The topological polar surface area (TPSA) is 20.3 Å². The second-order valence-electron chi connectivity index (χ2n) is 1.63. The Hall–Kier alpha value is -0.790. The van der Waals surface area contributed by atoms with Gasteiger partial charge in [0.1, 0.15) is 0 Å². The van der Waals surface area contributed by atoms with E-state index in [-0.39, 0.29) is 0 Å². The molecule has 0 saturated carbocycles. The summed E-state index contributed by atoms with van der Waals surface area (Å²) in [5, 5.41) is 0. The third-order valence-corrected chi connectivity index (χ3v) is 0.958. The smallest absolute Gasteiger partial charge is 0.213 e. The van der Waals surface area contributed by atoms with Crippen LogP contribution >= 0.6 is 0 Å². The third-order valence-electron chi connectivity index (χ3n) is 0.958. The summed E-state index contributed by atoms with van der Waals surface area (Å²) in [6, 6.07) is 0. The summed E-state index contributed by atoms with van der Waals surface area (Å²) < 4.78 is 0. The molecule has 0 aromatic carbocycles. The van der Waals surface area contributed by atoms with Crippen LogP contribution in [0.25, 0.3) is 0 Å². The van der Waals surface area contributed by atoms with Gasteiger partial charge in [0.15, 0.2) is 0 Å². The zero-order chi connectivity index (χ0) is 6.57. The van der Waals surface area contributed by atoms with Crippen molar-refractivity contribution in [3.63, 3.8) is 0 Å². The van der Waals surface area contributed by atoms with Gasteiger partial charge in [-0.05, 0) is 13.8 Å². The minimum Gasteiger partial charge on any atom is -0.320 e. The van der Waals surface area contributed by atoms with Gasteiger partial charge in [0, 0.05) is 12.2 Å². The van der Waals surface area contributed by atoms with E-state index in [0.29, 0.717) is 6.54 Å². The van der Waals surface area contributed by atoms with Crippen LogP contribution < -0.4 is 0 Å². The Morgan fingerprint density at radius 1 is 1.88 bits per heavy atom. The lowest BCUT2D eigenvalue weighted by atomic mass is 10.5. The predicted molar refractivity (Wildman–Crippen MR) is 33.3 cm³/mol. The number of carbonyl (C=O) groups excluding carboxylic acids is 1. The van der Waals surface area contributed by atoms with E-state index in [2.05, 4.69) is 6.58 Å². The molecule has 0 aliphatic carbocycles. The van der Waals surface area contributed by atoms with Gasteiger partial charge in [-0.3, -0.25) is 4.79 Å². The molecule has 0 spiro atoms. The maximum atomic E-state index is 10.0. The minimum atomic E-state index is 0.707. The number of hydrogen-bond acceptors (Lipinski definition) is 1. The first-order valence-corrected chi connectivity index (χ1v) is 2.59. The van der Waals surface area contributed by atoms with E-state index in [0.717, 1.165) is 12.1 Å². The van der Waals surface area contributed by atoms with Crippen molar-refractivity contribution in [1.82, 2.24) is 4.90 Å². The van der Waals surface area contributed by atoms with E-state index in [1.54, 1.807) is 11.8 Å². The van der Waals surface area contributed by atoms with Gasteiger partial charge in [-0.2, -0.15) is 0 Å². The molecule has 1 amide bonds. The fourth-order valence-electron chi connectivity index (χ4n) is 0.434. The van der Waals surface area contributed by atoms with Gasteiger partial charge in [0.25, 0.3) is 0 Å². The molecule has 0 rings (SSSR count). The molecular weight excluding hydrogens is 102 g/mol. The molecule has 0 aromatic heterocycles. The number of rotatable bonds is 3. The molecule has 2 nitrogen and oxygen atoms in total. The number of allylic oxidation sites excluding steroid dienone is 1. The Labute approximate surface area is 49.8 Å². The normalized spacial score (nSPS) is 8.25. The molecule has 46 valence electrons. The fourth-order valence-corrected chi connectivity index (χ4v) is 0.434. The van der Waals surface area contributed by atoms with Crippen LogP contribution in [0.3, 0.4) is 0 Å². The summed E-state index contributed by atoms with van der Waals surface area (Å²) in [5.74, 6) is 0. The highest BCUT2D eigenvalue weighted by atomic mass is 16.1. The molecule has 0 saturated heterocycles. The molecule has 8 heavy (non-hydrogen) atoms. The van der Waals surface area contributed by atoms with Crippen molar-refractivity contribution in [1.29, 1.82) is 0 Å². The van der Waals surface area contributed by atoms with Gasteiger partial charge in [-0.1, -0.05) is 6.58 Å². The quantitative estimate of drug-likeness (QED) is 0.500. The lowest BCUT2D eigenvalue weighted by Gasteiger charge is -2.12. The lowest BCUT2D eigenvalue weighted by molar-refractivity contribution is -0.116. The number of hydrogen-bond donors (Lipinski definition) is 0. The molecule has 2 heteroatoms. The molecule has 0 unspecified atom stereocenters. The standard InChI is InChI=1S/C6H11NO/c1-4-7(5-8)6(2)3/h5H,2,4H2,1,3H3. The van der Waals surface area contributed by atoms with Crippen molar-refractivity contribution in [2.24, 2.45) is 0 Å². The Morgan fingerprint density at radius 2 is 2.38 bits per heavy atom. The van der Waals surface area contributed by atoms with Crippen molar-refractivity contribution < 1.29 is 4.79 Å². The molecule has 0 atom stereocenters. The van der Waals surface area contributed by atoms with Crippen molar-refractivity contribution >= 4 is 6.41 Å². The van der Waals surface area contributed by atoms with Crippen LogP contribution in [-0.4, -0.2) is 17.9 Å². The molecule has 0 aliphatic rings. The molecule has 0 N–H and O–H groups in total. The number of carbonyl (C=O) groups is 1. The van der Waals surface area contributed by atoms with Gasteiger partial charge in [-0.15, -0.1) is 0 Å². The van der Waals surface area contributed by atoms with Crippen LogP contribution in [0.2, 0.25) is 0 Å². The first-order chi connectivity index (χ1) is 3.72. The fraction of sp³-hybridized carbons (Fsp3) is 0.500. The maximum Gasteiger partial charge on any atom is 0.213 e. The Morgan fingerprint density at radius 3 is 2.38 bits per heavy atom. The monoisotopic (exact) mass is 113 g/mol. The molecule has 0 heterocycles. The summed E-state index contributed by atoms with van der Waals surface area (Å²) in [6.07, 6.45) is 0.780. The summed E-state index contributed by atoms with van der Waals surface area (Å²) in [7, 11) is 0. The van der Waals surface area contributed by atoms with Crippen molar-refractivity contribution in [2.45, 2.75) is 13.8 Å². The zero-order valence-electron chi connectivity index (χ0n) is 5.35. The number of amides is 1. The van der Waals surface area contributed by atoms with Gasteiger partial charge < -0.3 is 4.90 Å². The van der Waals surface area contributed by atoms with Crippen LogP contribution in [-0.2, 0) is 4.79 Å². The van der Waals surface area contributed by atoms with Crippen LogP contribution in [0, 0.1) is 0 Å². The van der Waals surface area contributed by atoms with Crippen molar-refractivity contribution in [3.05, 3.63) is 12.3 Å². The first-order valence-electron chi connectivity index (χ1n) is 2.59. The first kappa shape index (κ1) is 7.21. The SMILES string of the molecule is C=C(C)N(C=O)CC. The lowest BCUT2D eigenvalue weighted by Crippen LogP contribution is -2.17. The zero-order valence-corrected chi connectivity index (χ0v) is 5.35. The van der Waals surface area contributed by atoms with E-state index in [1.807, 2.05) is 6.92 Å². The number of nitrogens with zero attached hydrogens (tertiary/aromatic N) is 1. The molecule has 0 fully saturated rings. The van der Waals surface area contributed by atoms with Crippen LogP contribution in [0.4, 0.5) is 0 Å². The van der Waals surface area contributed by atoms with Crippen molar-refractivity contribution in [2.75, 3.05) is 6.54 Å². The second-order valence-corrected chi connectivity index (χ2v) is 1.63. The van der Waals surface area contributed by atoms with Gasteiger partial charge in [-0.25, -0.2) is 0 Å². The summed E-state index contributed by atoms with van der Waals surface area (Å²) in [6.45, 7) is 8.01.